The first-order chi connectivity index (χ1) is 9.96. The van der Waals surface area contributed by atoms with Crippen molar-refractivity contribution >= 4 is 23.8 Å². The molecular formula is C17H32N2O3S. The average Bonchev–Trinajstić information content (AvgIpc) is 2.36. The van der Waals surface area contributed by atoms with Gasteiger partial charge in [0.15, 0.2) is 0 Å². The molecule has 0 aromatic carbocycles. The first kappa shape index (κ1) is 20.1. The highest BCUT2D eigenvalue weighted by Crippen LogP contribution is 2.51. The summed E-state index contributed by atoms with van der Waals surface area (Å²) in [4.78, 5) is 26.7. The smallest absolute Gasteiger partial charge is 0.412 e. The Bertz CT molecular complexity index is 443. The molecule has 1 saturated heterocycles. The van der Waals surface area contributed by atoms with Crippen LogP contribution in [0.3, 0.4) is 0 Å². The summed E-state index contributed by atoms with van der Waals surface area (Å²) in [7, 11) is 0. The largest absolute Gasteiger partial charge is 0.444 e. The third-order valence-electron chi connectivity index (χ3n) is 3.35. The molecule has 23 heavy (non-hydrogen) atoms. The highest BCUT2D eigenvalue weighted by molar-refractivity contribution is 8.02. The number of thioether (sulfide) groups is 1. The molecule has 1 rings (SSSR count). The van der Waals surface area contributed by atoms with Gasteiger partial charge < -0.3 is 10.1 Å². The normalized spacial score (nSPS) is 23.6. The summed E-state index contributed by atoms with van der Waals surface area (Å²) in [5.74, 6) is -0.147. The van der Waals surface area contributed by atoms with Gasteiger partial charge in [0, 0.05) is 10.3 Å². The van der Waals surface area contributed by atoms with Crippen molar-refractivity contribution in [2.24, 2.45) is 0 Å². The highest BCUT2D eigenvalue weighted by atomic mass is 32.2. The molecule has 1 aliphatic heterocycles. The molecule has 134 valence electrons. The standard InChI is InChI=1S/C17H32N2O3S/c1-14(2,3)18-12(20)11-16(7,8)23-17(9,10)19(11)13(21)22-15(4,5)6/h11H,1-10H3,(H,18,20). The van der Waals surface area contributed by atoms with E-state index in [0.717, 1.165) is 0 Å². The van der Waals surface area contributed by atoms with Crippen LogP contribution in [0, 0.1) is 0 Å². The molecule has 0 aromatic heterocycles. The highest BCUT2D eigenvalue weighted by Gasteiger charge is 2.58. The average molecular weight is 345 g/mol. The zero-order chi connectivity index (χ0) is 18.4. The number of nitrogens with zero attached hydrogens (tertiary/aromatic N) is 1. The van der Waals surface area contributed by atoms with Gasteiger partial charge in [-0.25, -0.2) is 4.79 Å². The molecule has 6 heteroatoms. The zero-order valence-electron chi connectivity index (χ0n) is 16.2. The summed E-state index contributed by atoms with van der Waals surface area (Å²) in [5, 5.41) is 3.00. The van der Waals surface area contributed by atoms with Crippen LogP contribution < -0.4 is 5.32 Å². The molecule has 1 fully saturated rings. The summed E-state index contributed by atoms with van der Waals surface area (Å²) in [6.45, 7) is 19.2. The Morgan fingerprint density at radius 3 is 1.91 bits per heavy atom. The third-order valence-corrected chi connectivity index (χ3v) is 4.79. The van der Waals surface area contributed by atoms with Crippen molar-refractivity contribution in [3.8, 4) is 0 Å². The fraction of sp³-hybridized carbons (Fsp3) is 0.882. The molecule has 1 N–H and O–H groups in total. The van der Waals surface area contributed by atoms with E-state index < -0.39 is 27.4 Å². The van der Waals surface area contributed by atoms with Gasteiger partial charge >= 0.3 is 6.09 Å². The minimum atomic E-state index is -0.602. The van der Waals surface area contributed by atoms with Gasteiger partial charge in [0.05, 0.1) is 4.87 Å². The summed E-state index contributed by atoms with van der Waals surface area (Å²) < 4.78 is 5.15. The first-order valence-electron chi connectivity index (χ1n) is 8.01. The van der Waals surface area contributed by atoms with Gasteiger partial charge in [0.25, 0.3) is 0 Å². The maximum Gasteiger partial charge on any atom is 0.412 e. The van der Waals surface area contributed by atoms with Gasteiger partial charge in [0.1, 0.15) is 11.6 Å². The van der Waals surface area contributed by atoms with Crippen molar-refractivity contribution < 1.29 is 14.3 Å². The molecule has 0 spiro atoms. The predicted molar refractivity (Wildman–Crippen MR) is 95.5 cm³/mol. The number of carbonyl (C=O) groups excluding carboxylic acids is 2. The van der Waals surface area contributed by atoms with Crippen molar-refractivity contribution in [3.05, 3.63) is 0 Å². The molecule has 5 nitrogen and oxygen atoms in total. The van der Waals surface area contributed by atoms with Gasteiger partial charge in [0.2, 0.25) is 5.91 Å². The van der Waals surface area contributed by atoms with Crippen molar-refractivity contribution in [1.29, 1.82) is 0 Å². The van der Waals surface area contributed by atoms with E-state index in [-0.39, 0.29) is 11.4 Å². The molecule has 1 heterocycles. The lowest BCUT2D eigenvalue weighted by atomic mass is 9.98. The number of hydrogen-bond donors (Lipinski definition) is 1. The number of ether oxygens (including phenoxy) is 1. The number of carbonyl (C=O) groups is 2. The summed E-state index contributed by atoms with van der Waals surface area (Å²) in [6.07, 6.45) is -0.449. The van der Waals surface area contributed by atoms with Crippen LogP contribution in [0.25, 0.3) is 0 Å². The molecule has 0 bridgehead atoms. The first-order valence-corrected chi connectivity index (χ1v) is 8.82. The third kappa shape index (κ3) is 5.03. The van der Waals surface area contributed by atoms with Crippen LogP contribution in [-0.4, -0.2) is 43.7 Å². The van der Waals surface area contributed by atoms with E-state index in [2.05, 4.69) is 5.32 Å². The fourth-order valence-electron chi connectivity index (χ4n) is 2.88. The van der Waals surface area contributed by atoms with Gasteiger partial charge in [-0.1, -0.05) is 0 Å². The van der Waals surface area contributed by atoms with Crippen LogP contribution >= 0.6 is 11.8 Å². The lowest BCUT2D eigenvalue weighted by Gasteiger charge is -2.37. The lowest BCUT2D eigenvalue weighted by Crippen LogP contribution is -2.59. The Labute approximate surface area is 144 Å². The van der Waals surface area contributed by atoms with Crippen LogP contribution in [0.15, 0.2) is 0 Å². The fourth-order valence-corrected chi connectivity index (χ4v) is 4.77. The van der Waals surface area contributed by atoms with Gasteiger partial charge in [-0.05, 0) is 69.2 Å². The summed E-state index contributed by atoms with van der Waals surface area (Å²) in [6, 6.07) is -0.587. The molecule has 0 saturated carbocycles. The van der Waals surface area contributed by atoms with Crippen molar-refractivity contribution in [3.63, 3.8) is 0 Å². The van der Waals surface area contributed by atoms with Crippen LogP contribution in [-0.2, 0) is 9.53 Å². The second-order valence-corrected chi connectivity index (χ2v) is 11.4. The van der Waals surface area contributed by atoms with Gasteiger partial charge in [-0.2, -0.15) is 0 Å². The van der Waals surface area contributed by atoms with Crippen LogP contribution in [0.5, 0.6) is 0 Å². The van der Waals surface area contributed by atoms with Crippen molar-refractivity contribution in [2.75, 3.05) is 0 Å². The summed E-state index contributed by atoms with van der Waals surface area (Å²) >= 11 is 1.61. The summed E-state index contributed by atoms with van der Waals surface area (Å²) in [5.41, 5.74) is -0.959. The second-order valence-electron chi connectivity index (χ2n) is 9.14. The zero-order valence-corrected chi connectivity index (χ0v) is 17.0. The van der Waals surface area contributed by atoms with E-state index in [0.29, 0.717) is 0 Å². The number of nitrogens with one attached hydrogen (secondary N) is 1. The maximum atomic E-state index is 12.9. The number of rotatable bonds is 1. The molecule has 1 unspecified atom stereocenters. The van der Waals surface area contributed by atoms with E-state index in [1.165, 1.54) is 0 Å². The molecule has 1 aliphatic rings. The minimum Gasteiger partial charge on any atom is -0.444 e. The Balaban J connectivity index is 3.20. The van der Waals surface area contributed by atoms with E-state index >= 15 is 0 Å². The molecule has 1 atom stereocenters. The van der Waals surface area contributed by atoms with E-state index in [1.54, 1.807) is 16.7 Å². The topological polar surface area (TPSA) is 58.6 Å². The Hall–Kier alpha value is -0.910. The van der Waals surface area contributed by atoms with Gasteiger partial charge in [-0.3, -0.25) is 9.69 Å². The van der Waals surface area contributed by atoms with Crippen LogP contribution in [0.1, 0.15) is 69.2 Å². The Morgan fingerprint density at radius 2 is 1.52 bits per heavy atom. The van der Waals surface area contributed by atoms with E-state index in [9.17, 15) is 9.59 Å². The Kier molecular flexibility index (Phi) is 5.14. The predicted octanol–water partition coefficient (Wildman–Crippen LogP) is 3.77. The molecule has 0 aliphatic carbocycles. The monoisotopic (exact) mass is 344 g/mol. The number of hydrogen-bond acceptors (Lipinski definition) is 4. The molecule has 0 aromatic rings. The van der Waals surface area contributed by atoms with Gasteiger partial charge in [-0.15, -0.1) is 11.8 Å². The van der Waals surface area contributed by atoms with Crippen molar-refractivity contribution in [2.45, 2.75) is 96.0 Å². The second kappa shape index (κ2) is 5.87. The molecular weight excluding hydrogens is 312 g/mol. The van der Waals surface area contributed by atoms with E-state index in [4.69, 9.17) is 4.74 Å². The maximum absolute atomic E-state index is 12.9. The van der Waals surface area contributed by atoms with Crippen molar-refractivity contribution in [1.82, 2.24) is 10.2 Å². The quantitative estimate of drug-likeness (QED) is 0.787. The van der Waals surface area contributed by atoms with Crippen LogP contribution in [0.4, 0.5) is 4.79 Å². The minimum absolute atomic E-state index is 0.147. The Morgan fingerprint density at radius 1 is 1.04 bits per heavy atom. The van der Waals surface area contributed by atoms with Crippen LogP contribution in [0.2, 0.25) is 0 Å². The van der Waals surface area contributed by atoms with E-state index in [1.807, 2.05) is 69.2 Å². The molecule has 0 radical (unpaired) electrons. The SMILES string of the molecule is CC(C)(C)NC(=O)C1N(C(=O)OC(C)(C)C)C(C)(C)SC1(C)C. The lowest BCUT2D eigenvalue weighted by molar-refractivity contribution is -0.129. The molecule has 2 amide bonds. The number of amides is 2.